The van der Waals surface area contributed by atoms with Crippen LogP contribution in [0.25, 0.3) is 0 Å². The molecule has 3 N–H and O–H groups in total. The molecule has 0 aromatic carbocycles. The summed E-state index contributed by atoms with van der Waals surface area (Å²) >= 11 is 0. The molecule has 1 aromatic heterocycles. The van der Waals surface area contributed by atoms with E-state index >= 15 is 0 Å². The second kappa shape index (κ2) is 4.88. The smallest absolute Gasteiger partial charge is 0.221 e. The average molecular weight is 251 g/mol. The number of aromatic nitrogens is 2. The monoisotopic (exact) mass is 251 g/mol. The molecule has 1 aromatic rings. The summed E-state index contributed by atoms with van der Waals surface area (Å²) in [6, 6.07) is 0.253. The molecule has 1 amide bonds. The van der Waals surface area contributed by atoms with E-state index in [4.69, 9.17) is 5.73 Å². The van der Waals surface area contributed by atoms with Gasteiger partial charge in [0.1, 0.15) is 0 Å². The van der Waals surface area contributed by atoms with Gasteiger partial charge in [0, 0.05) is 32.1 Å². The lowest BCUT2D eigenvalue weighted by Crippen LogP contribution is -2.31. The number of nitrogens with one attached hydrogen (secondary N) is 1. The summed E-state index contributed by atoms with van der Waals surface area (Å²) < 4.78 is 1.94. The fraction of sp³-hybridized carbons (Fsp3) is 0.667. The topological polar surface area (TPSA) is 76.2 Å². The lowest BCUT2D eigenvalue weighted by atomic mass is 10.3. The molecule has 0 bridgehead atoms. The van der Waals surface area contributed by atoms with Crippen molar-refractivity contribution in [2.75, 3.05) is 30.3 Å². The third-order valence-corrected chi connectivity index (χ3v) is 3.21. The normalized spacial score (nSPS) is 16.9. The molecule has 6 nitrogen and oxygen atoms in total. The average Bonchev–Trinajstić information content (AvgIpc) is 2.50. The minimum absolute atomic E-state index is 0.100. The summed E-state index contributed by atoms with van der Waals surface area (Å²) in [4.78, 5) is 13.5. The van der Waals surface area contributed by atoms with Crippen LogP contribution in [0.3, 0.4) is 0 Å². The van der Waals surface area contributed by atoms with Gasteiger partial charge in [-0.2, -0.15) is 5.10 Å². The van der Waals surface area contributed by atoms with Crippen molar-refractivity contribution in [3.63, 3.8) is 0 Å². The molecule has 0 atom stereocenters. The number of aryl methyl sites for hydroxylation is 1. The Morgan fingerprint density at radius 3 is 2.78 bits per heavy atom. The third-order valence-electron chi connectivity index (χ3n) is 3.21. The predicted octanol–water partition coefficient (Wildman–Crippen LogP) is 0.681. The molecule has 1 fully saturated rings. The summed E-state index contributed by atoms with van der Waals surface area (Å²) in [7, 11) is 0. The van der Waals surface area contributed by atoms with E-state index in [1.54, 1.807) is 0 Å². The van der Waals surface area contributed by atoms with Gasteiger partial charge in [0.2, 0.25) is 5.91 Å². The van der Waals surface area contributed by atoms with Crippen molar-refractivity contribution in [3.8, 4) is 0 Å². The molecular formula is C12H21N5O. The number of carbonyl (C=O) groups excluding carboxylic acids is 1. The molecule has 6 heteroatoms. The molecule has 2 rings (SSSR count). The Bertz CT molecular complexity index is 452. The summed E-state index contributed by atoms with van der Waals surface area (Å²) in [5.41, 5.74) is 7.70. The van der Waals surface area contributed by atoms with Crippen molar-refractivity contribution in [2.24, 2.45) is 0 Å². The Kier molecular flexibility index (Phi) is 3.45. The highest BCUT2D eigenvalue weighted by atomic mass is 16.1. The lowest BCUT2D eigenvalue weighted by molar-refractivity contribution is -0.120. The fourth-order valence-electron chi connectivity index (χ4n) is 2.20. The van der Waals surface area contributed by atoms with Gasteiger partial charge in [-0.1, -0.05) is 0 Å². The van der Waals surface area contributed by atoms with Gasteiger partial charge in [-0.05, 0) is 20.8 Å². The van der Waals surface area contributed by atoms with Gasteiger partial charge in [-0.15, -0.1) is 0 Å². The highest BCUT2D eigenvalue weighted by Crippen LogP contribution is 2.29. The summed E-state index contributed by atoms with van der Waals surface area (Å²) in [6.45, 7) is 8.19. The van der Waals surface area contributed by atoms with Crippen LogP contribution in [-0.4, -0.2) is 35.3 Å². The molecule has 0 unspecified atom stereocenters. The standard InChI is InChI=1S/C12H21N5O/c1-8(2)17-12(11(13)9(3)15-17)16-6-4-10(18)14-5-7-16/h8H,4-7,13H2,1-3H3,(H,14,18). The van der Waals surface area contributed by atoms with E-state index in [9.17, 15) is 4.79 Å². The van der Waals surface area contributed by atoms with Crippen LogP contribution in [0.2, 0.25) is 0 Å². The van der Waals surface area contributed by atoms with Gasteiger partial charge >= 0.3 is 0 Å². The van der Waals surface area contributed by atoms with Crippen molar-refractivity contribution in [1.29, 1.82) is 0 Å². The Hall–Kier alpha value is -1.72. The van der Waals surface area contributed by atoms with Crippen LogP contribution >= 0.6 is 0 Å². The largest absolute Gasteiger partial charge is 0.394 e. The number of hydrogen-bond donors (Lipinski definition) is 2. The lowest BCUT2D eigenvalue weighted by Gasteiger charge is -2.24. The molecule has 1 aliphatic heterocycles. The van der Waals surface area contributed by atoms with Gasteiger partial charge in [0.05, 0.1) is 11.4 Å². The summed E-state index contributed by atoms with van der Waals surface area (Å²) in [6.07, 6.45) is 0.502. The van der Waals surface area contributed by atoms with Crippen molar-refractivity contribution in [3.05, 3.63) is 5.69 Å². The Labute approximate surface area is 107 Å². The number of nitrogens with two attached hydrogens (primary N) is 1. The van der Waals surface area contributed by atoms with Crippen molar-refractivity contribution in [2.45, 2.75) is 33.2 Å². The quantitative estimate of drug-likeness (QED) is 0.810. The first-order valence-electron chi connectivity index (χ1n) is 6.37. The second-order valence-corrected chi connectivity index (χ2v) is 4.95. The third kappa shape index (κ3) is 2.27. The van der Waals surface area contributed by atoms with E-state index in [0.29, 0.717) is 19.5 Å². The first kappa shape index (κ1) is 12.7. The van der Waals surface area contributed by atoms with Crippen LogP contribution in [-0.2, 0) is 4.79 Å². The van der Waals surface area contributed by atoms with Gasteiger partial charge in [-0.3, -0.25) is 4.79 Å². The van der Waals surface area contributed by atoms with Gasteiger partial charge < -0.3 is 16.0 Å². The second-order valence-electron chi connectivity index (χ2n) is 4.95. The Morgan fingerprint density at radius 2 is 2.11 bits per heavy atom. The van der Waals surface area contributed by atoms with Crippen LogP contribution in [0, 0.1) is 6.92 Å². The molecule has 0 spiro atoms. The van der Waals surface area contributed by atoms with Crippen LogP contribution in [0.5, 0.6) is 0 Å². The maximum atomic E-state index is 11.4. The highest BCUT2D eigenvalue weighted by Gasteiger charge is 2.22. The number of amides is 1. The van der Waals surface area contributed by atoms with Crippen LogP contribution in [0.15, 0.2) is 0 Å². The maximum Gasteiger partial charge on any atom is 0.221 e. The molecule has 0 aliphatic carbocycles. The number of anilines is 2. The van der Waals surface area contributed by atoms with E-state index < -0.39 is 0 Å². The molecule has 1 aliphatic rings. The zero-order valence-electron chi connectivity index (χ0n) is 11.2. The summed E-state index contributed by atoms with van der Waals surface area (Å²) in [5, 5.41) is 7.35. The number of carbonyl (C=O) groups is 1. The number of rotatable bonds is 2. The van der Waals surface area contributed by atoms with E-state index in [2.05, 4.69) is 29.2 Å². The zero-order chi connectivity index (χ0) is 13.3. The predicted molar refractivity (Wildman–Crippen MR) is 71.6 cm³/mol. The Morgan fingerprint density at radius 1 is 1.39 bits per heavy atom. The van der Waals surface area contributed by atoms with E-state index in [1.807, 2.05) is 11.6 Å². The van der Waals surface area contributed by atoms with Gasteiger partial charge in [0.15, 0.2) is 5.82 Å². The van der Waals surface area contributed by atoms with Crippen molar-refractivity contribution < 1.29 is 4.79 Å². The SMILES string of the molecule is Cc1nn(C(C)C)c(N2CCNC(=O)CC2)c1N. The molecule has 18 heavy (non-hydrogen) atoms. The van der Waals surface area contributed by atoms with Crippen molar-refractivity contribution >= 4 is 17.4 Å². The first-order valence-corrected chi connectivity index (χ1v) is 6.37. The number of nitrogen functional groups attached to an aromatic ring is 1. The molecular weight excluding hydrogens is 230 g/mol. The van der Waals surface area contributed by atoms with E-state index in [0.717, 1.165) is 23.7 Å². The molecule has 1 saturated heterocycles. The van der Waals surface area contributed by atoms with Crippen molar-refractivity contribution in [1.82, 2.24) is 15.1 Å². The summed E-state index contributed by atoms with van der Waals surface area (Å²) in [5.74, 6) is 1.04. The Balaban J connectivity index is 2.34. The fourth-order valence-corrected chi connectivity index (χ4v) is 2.20. The van der Waals surface area contributed by atoms with Crippen LogP contribution < -0.4 is 16.0 Å². The van der Waals surface area contributed by atoms with E-state index in [-0.39, 0.29) is 11.9 Å². The molecule has 0 saturated carbocycles. The minimum Gasteiger partial charge on any atom is -0.394 e. The number of hydrogen-bond acceptors (Lipinski definition) is 4. The number of nitrogens with zero attached hydrogens (tertiary/aromatic N) is 3. The van der Waals surface area contributed by atoms with Crippen LogP contribution in [0.4, 0.5) is 11.5 Å². The molecule has 2 heterocycles. The van der Waals surface area contributed by atoms with Gasteiger partial charge in [-0.25, -0.2) is 4.68 Å². The molecule has 100 valence electrons. The first-order chi connectivity index (χ1) is 8.50. The zero-order valence-corrected chi connectivity index (χ0v) is 11.2. The van der Waals surface area contributed by atoms with Gasteiger partial charge in [0.25, 0.3) is 0 Å². The van der Waals surface area contributed by atoms with Crippen LogP contribution in [0.1, 0.15) is 32.0 Å². The highest BCUT2D eigenvalue weighted by molar-refractivity contribution is 5.77. The van der Waals surface area contributed by atoms with E-state index in [1.165, 1.54) is 0 Å². The maximum absolute atomic E-state index is 11.4. The minimum atomic E-state index is 0.100. The molecule has 0 radical (unpaired) electrons.